The second kappa shape index (κ2) is 7.01. The van der Waals surface area contributed by atoms with Gasteiger partial charge in [-0.25, -0.2) is 0 Å². The summed E-state index contributed by atoms with van der Waals surface area (Å²) in [5.41, 5.74) is 1.12. The molecule has 1 heterocycles. The zero-order valence-corrected chi connectivity index (χ0v) is 11.5. The van der Waals surface area contributed by atoms with Crippen molar-refractivity contribution in [1.29, 1.82) is 0 Å². The maximum Gasteiger partial charge on any atom is 0.0898 e. The molecular formula is C15H23NO3. The molecule has 0 bridgehead atoms. The molecule has 106 valence electrons. The van der Waals surface area contributed by atoms with Crippen molar-refractivity contribution in [1.82, 2.24) is 5.32 Å². The fourth-order valence-electron chi connectivity index (χ4n) is 2.12. The van der Waals surface area contributed by atoms with E-state index >= 15 is 0 Å². The highest BCUT2D eigenvalue weighted by molar-refractivity contribution is 5.13. The SMILES string of the molecule is CC1(NCC(O)COCc2ccccc2)CCOC1. The van der Waals surface area contributed by atoms with Crippen molar-refractivity contribution in [3.05, 3.63) is 35.9 Å². The van der Waals surface area contributed by atoms with Gasteiger partial charge in [0.1, 0.15) is 0 Å². The second-order valence-corrected chi connectivity index (χ2v) is 5.40. The molecule has 0 aliphatic carbocycles. The molecule has 1 aromatic carbocycles. The first-order valence-electron chi connectivity index (χ1n) is 6.80. The molecule has 0 amide bonds. The summed E-state index contributed by atoms with van der Waals surface area (Å²) in [6.07, 6.45) is 0.506. The van der Waals surface area contributed by atoms with Gasteiger partial charge in [0.05, 0.1) is 25.9 Å². The van der Waals surface area contributed by atoms with Gasteiger partial charge in [0.25, 0.3) is 0 Å². The Morgan fingerprint density at radius 1 is 1.42 bits per heavy atom. The molecule has 19 heavy (non-hydrogen) atoms. The van der Waals surface area contributed by atoms with Crippen LogP contribution in [0.4, 0.5) is 0 Å². The third-order valence-corrected chi connectivity index (χ3v) is 3.41. The van der Waals surface area contributed by atoms with E-state index in [0.29, 0.717) is 26.4 Å². The summed E-state index contributed by atoms with van der Waals surface area (Å²) in [6.45, 7) is 5.05. The van der Waals surface area contributed by atoms with Crippen LogP contribution in [0.15, 0.2) is 30.3 Å². The van der Waals surface area contributed by atoms with Crippen LogP contribution in [-0.2, 0) is 16.1 Å². The highest BCUT2D eigenvalue weighted by Crippen LogP contribution is 2.17. The molecule has 2 N–H and O–H groups in total. The van der Waals surface area contributed by atoms with Crippen LogP contribution in [0.25, 0.3) is 0 Å². The Kier molecular flexibility index (Phi) is 5.34. The Balaban J connectivity index is 1.61. The lowest BCUT2D eigenvalue weighted by Gasteiger charge is -2.25. The molecule has 1 aromatic rings. The van der Waals surface area contributed by atoms with E-state index in [4.69, 9.17) is 9.47 Å². The van der Waals surface area contributed by atoms with Gasteiger partial charge < -0.3 is 19.9 Å². The number of aliphatic hydroxyl groups is 1. The predicted molar refractivity (Wildman–Crippen MR) is 73.9 cm³/mol. The molecule has 1 saturated heterocycles. The van der Waals surface area contributed by atoms with Gasteiger partial charge in [-0.3, -0.25) is 0 Å². The average molecular weight is 265 g/mol. The minimum Gasteiger partial charge on any atom is -0.389 e. The van der Waals surface area contributed by atoms with E-state index < -0.39 is 6.10 Å². The van der Waals surface area contributed by atoms with Crippen molar-refractivity contribution in [2.45, 2.75) is 31.6 Å². The topological polar surface area (TPSA) is 50.7 Å². The van der Waals surface area contributed by atoms with Gasteiger partial charge >= 0.3 is 0 Å². The molecule has 2 rings (SSSR count). The summed E-state index contributed by atoms with van der Waals surface area (Å²) in [7, 11) is 0. The Hall–Kier alpha value is -0.940. The van der Waals surface area contributed by atoms with Crippen LogP contribution >= 0.6 is 0 Å². The van der Waals surface area contributed by atoms with Crippen LogP contribution in [0.2, 0.25) is 0 Å². The van der Waals surface area contributed by atoms with Gasteiger partial charge in [0.2, 0.25) is 0 Å². The van der Waals surface area contributed by atoms with E-state index in [9.17, 15) is 5.11 Å². The van der Waals surface area contributed by atoms with Gasteiger partial charge in [0, 0.05) is 18.7 Å². The first kappa shape index (κ1) is 14.5. The Morgan fingerprint density at radius 3 is 2.89 bits per heavy atom. The lowest BCUT2D eigenvalue weighted by molar-refractivity contribution is 0.0247. The fourth-order valence-corrected chi connectivity index (χ4v) is 2.12. The van der Waals surface area contributed by atoms with Crippen molar-refractivity contribution >= 4 is 0 Å². The average Bonchev–Trinajstić information content (AvgIpc) is 2.85. The summed E-state index contributed by atoms with van der Waals surface area (Å²) >= 11 is 0. The molecule has 1 aliphatic heterocycles. The van der Waals surface area contributed by atoms with Gasteiger partial charge in [-0.05, 0) is 18.9 Å². The number of β-amino-alcohol motifs (C(OH)–C–C–N with tert-alkyl or cyclic N) is 1. The predicted octanol–water partition coefficient (Wildman–Crippen LogP) is 1.33. The van der Waals surface area contributed by atoms with Crippen LogP contribution in [0, 0.1) is 0 Å². The monoisotopic (exact) mass is 265 g/mol. The first-order chi connectivity index (χ1) is 9.18. The maximum absolute atomic E-state index is 9.87. The molecule has 1 aliphatic rings. The molecule has 4 heteroatoms. The standard InChI is InChI=1S/C15H23NO3/c1-15(7-8-18-12-15)16-9-14(17)11-19-10-13-5-3-2-4-6-13/h2-6,14,16-17H,7-12H2,1H3. The van der Waals surface area contributed by atoms with Gasteiger partial charge in [-0.1, -0.05) is 30.3 Å². The molecule has 0 spiro atoms. The molecule has 0 saturated carbocycles. The van der Waals surface area contributed by atoms with Crippen molar-refractivity contribution in [3.63, 3.8) is 0 Å². The summed E-state index contributed by atoms with van der Waals surface area (Å²) in [6, 6.07) is 9.98. The van der Waals surface area contributed by atoms with E-state index in [2.05, 4.69) is 12.2 Å². The summed E-state index contributed by atoms with van der Waals surface area (Å²) in [5, 5.41) is 13.2. The summed E-state index contributed by atoms with van der Waals surface area (Å²) in [4.78, 5) is 0. The third kappa shape index (κ3) is 4.91. The zero-order valence-electron chi connectivity index (χ0n) is 11.5. The lowest BCUT2D eigenvalue weighted by Crippen LogP contribution is -2.47. The number of benzene rings is 1. The van der Waals surface area contributed by atoms with Crippen molar-refractivity contribution < 1.29 is 14.6 Å². The smallest absolute Gasteiger partial charge is 0.0898 e. The number of hydrogen-bond donors (Lipinski definition) is 2. The van der Waals surface area contributed by atoms with E-state index in [1.165, 1.54) is 0 Å². The van der Waals surface area contributed by atoms with Gasteiger partial charge in [-0.15, -0.1) is 0 Å². The number of rotatable bonds is 7. The summed E-state index contributed by atoms with van der Waals surface area (Å²) < 4.78 is 10.9. The number of nitrogens with one attached hydrogen (secondary N) is 1. The number of ether oxygens (including phenoxy) is 2. The fraction of sp³-hybridized carbons (Fsp3) is 0.600. The zero-order chi connectivity index (χ0) is 13.6. The van der Waals surface area contributed by atoms with Crippen molar-refractivity contribution in [2.75, 3.05) is 26.4 Å². The van der Waals surface area contributed by atoms with Crippen LogP contribution < -0.4 is 5.32 Å². The molecule has 4 nitrogen and oxygen atoms in total. The second-order valence-electron chi connectivity index (χ2n) is 5.40. The van der Waals surface area contributed by atoms with Gasteiger partial charge in [0.15, 0.2) is 0 Å². The normalized spacial score (nSPS) is 24.5. The largest absolute Gasteiger partial charge is 0.389 e. The Bertz CT molecular complexity index is 363. The van der Waals surface area contributed by atoms with E-state index in [1.807, 2.05) is 30.3 Å². The van der Waals surface area contributed by atoms with Crippen molar-refractivity contribution in [3.8, 4) is 0 Å². The van der Waals surface area contributed by atoms with Crippen LogP contribution in [0.1, 0.15) is 18.9 Å². The Morgan fingerprint density at radius 2 is 2.21 bits per heavy atom. The molecule has 2 atom stereocenters. The van der Waals surface area contributed by atoms with E-state index in [-0.39, 0.29) is 5.54 Å². The molecular weight excluding hydrogens is 242 g/mol. The Labute approximate surface area is 114 Å². The van der Waals surface area contributed by atoms with Crippen LogP contribution in [-0.4, -0.2) is 43.1 Å². The molecule has 0 radical (unpaired) electrons. The van der Waals surface area contributed by atoms with Gasteiger partial charge in [-0.2, -0.15) is 0 Å². The summed E-state index contributed by atoms with van der Waals surface area (Å²) in [5.74, 6) is 0. The molecule has 2 unspecified atom stereocenters. The number of aliphatic hydroxyl groups excluding tert-OH is 1. The number of hydrogen-bond acceptors (Lipinski definition) is 4. The van der Waals surface area contributed by atoms with E-state index in [0.717, 1.165) is 18.6 Å². The third-order valence-electron chi connectivity index (χ3n) is 3.41. The maximum atomic E-state index is 9.87. The van der Waals surface area contributed by atoms with Crippen LogP contribution in [0.3, 0.4) is 0 Å². The molecule has 0 aromatic heterocycles. The van der Waals surface area contributed by atoms with E-state index in [1.54, 1.807) is 0 Å². The minimum absolute atomic E-state index is 0.000407. The molecule has 1 fully saturated rings. The quantitative estimate of drug-likeness (QED) is 0.781. The lowest BCUT2D eigenvalue weighted by atomic mass is 10.0. The highest BCUT2D eigenvalue weighted by atomic mass is 16.5. The van der Waals surface area contributed by atoms with Crippen LogP contribution in [0.5, 0.6) is 0 Å². The highest BCUT2D eigenvalue weighted by Gasteiger charge is 2.29. The van der Waals surface area contributed by atoms with Crippen molar-refractivity contribution in [2.24, 2.45) is 0 Å². The first-order valence-corrected chi connectivity index (χ1v) is 6.80. The minimum atomic E-state index is -0.485.